The van der Waals surface area contributed by atoms with E-state index in [1.165, 1.54) is 11.6 Å². The zero-order valence-corrected chi connectivity index (χ0v) is 17.1. The average Bonchev–Trinajstić information content (AvgIpc) is 3.01. The molecule has 3 rings (SSSR count). The van der Waals surface area contributed by atoms with Crippen molar-refractivity contribution in [3.05, 3.63) is 35.4 Å². The van der Waals surface area contributed by atoms with Crippen molar-refractivity contribution < 1.29 is 9.13 Å². The first-order chi connectivity index (χ1) is 12.4. The number of halogens is 1. The van der Waals surface area contributed by atoms with Crippen molar-refractivity contribution in [3.63, 3.8) is 0 Å². The Hall–Kier alpha value is -1.82. The standard InChI is InChI=1S/C16H23FN4O.2C2H6/c1-10-5-14-15(19)20-16(9-22-2,8-21(14)7-10)12-6-11(18)3-4-13(12)17;2*1-2/h3-4,7,12,14H,5-6,8-9,18H2,1-2H3,(H2,19,20);2*1-2H3/t12-,14-,16+;;/m1../s1. The first kappa shape index (κ1) is 22.2. The van der Waals surface area contributed by atoms with Gasteiger partial charge in [0.2, 0.25) is 0 Å². The maximum atomic E-state index is 14.5. The molecule has 5 nitrogen and oxygen atoms in total. The van der Waals surface area contributed by atoms with Crippen molar-refractivity contribution in [2.24, 2.45) is 22.4 Å². The predicted octanol–water partition coefficient (Wildman–Crippen LogP) is 3.49. The van der Waals surface area contributed by atoms with Gasteiger partial charge in [0.15, 0.2) is 0 Å². The van der Waals surface area contributed by atoms with Crippen molar-refractivity contribution >= 4 is 5.84 Å². The Bertz CT molecular complexity index is 597. The normalized spacial score (nSPS) is 29.7. The number of fused-ring (bicyclic) bond motifs is 1. The van der Waals surface area contributed by atoms with Crippen molar-refractivity contribution in [1.82, 2.24) is 4.90 Å². The largest absolute Gasteiger partial charge is 0.402 e. The van der Waals surface area contributed by atoms with Gasteiger partial charge in [0.1, 0.15) is 17.2 Å². The molecule has 0 fully saturated rings. The molecule has 6 heteroatoms. The number of nitrogens with zero attached hydrogens (tertiary/aromatic N) is 2. The van der Waals surface area contributed by atoms with Crippen LogP contribution < -0.4 is 11.5 Å². The lowest BCUT2D eigenvalue weighted by Crippen LogP contribution is -2.58. The van der Waals surface area contributed by atoms with E-state index in [4.69, 9.17) is 21.2 Å². The van der Waals surface area contributed by atoms with Gasteiger partial charge in [0, 0.05) is 25.3 Å². The highest BCUT2D eigenvalue weighted by Crippen LogP contribution is 2.41. The zero-order valence-electron chi connectivity index (χ0n) is 17.1. The summed E-state index contributed by atoms with van der Waals surface area (Å²) in [7, 11) is 1.61. The van der Waals surface area contributed by atoms with Crippen LogP contribution in [0.2, 0.25) is 0 Å². The second kappa shape index (κ2) is 9.76. The quantitative estimate of drug-likeness (QED) is 0.801. The molecule has 2 heterocycles. The molecule has 0 saturated carbocycles. The van der Waals surface area contributed by atoms with E-state index in [1.807, 2.05) is 27.7 Å². The van der Waals surface area contributed by atoms with Crippen molar-refractivity contribution in [2.45, 2.75) is 59.0 Å². The summed E-state index contributed by atoms with van der Waals surface area (Å²) in [6.07, 6.45) is 6.46. The summed E-state index contributed by atoms with van der Waals surface area (Å²) >= 11 is 0. The van der Waals surface area contributed by atoms with Crippen LogP contribution in [0.4, 0.5) is 4.39 Å². The minimum atomic E-state index is -0.740. The highest BCUT2D eigenvalue weighted by Gasteiger charge is 2.48. The van der Waals surface area contributed by atoms with Crippen LogP contribution in [0, 0.1) is 5.92 Å². The third kappa shape index (κ3) is 4.47. The van der Waals surface area contributed by atoms with Gasteiger partial charge in [-0.3, -0.25) is 4.99 Å². The van der Waals surface area contributed by atoms with E-state index in [0.29, 0.717) is 31.1 Å². The zero-order chi connectivity index (χ0) is 19.9. The van der Waals surface area contributed by atoms with Crippen LogP contribution in [0.3, 0.4) is 0 Å². The number of rotatable bonds is 3. The molecular formula is C20H35FN4O. The Kier molecular flexibility index (Phi) is 8.34. The SMILES string of the molecule is CC.CC.COC[C@]1([C@@H]2CC(N)=CC=C2F)CN2C=C(C)C[C@@H]2C(N)=N1. The van der Waals surface area contributed by atoms with Gasteiger partial charge in [-0.25, -0.2) is 4.39 Å². The summed E-state index contributed by atoms with van der Waals surface area (Å²) < 4.78 is 19.9. The molecule has 26 heavy (non-hydrogen) atoms. The van der Waals surface area contributed by atoms with Crippen molar-refractivity contribution in [3.8, 4) is 0 Å². The molecule has 0 amide bonds. The molecule has 0 saturated heterocycles. The van der Waals surface area contributed by atoms with Gasteiger partial charge in [0.05, 0.1) is 12.6 Å². The van der Waals surface area contributed by atoms with E-state index in [0.717, 1.165) is 6.42 Å². The van der Waals surface area contributed by atoms with Crippen LogP contribution in [0.25, 0.3) is 0 Å². The second-order valence-corrected chi connectivity index (χ2v) is 6.49. The van der Waals surface area contributed by atoms with E-state index >= 15 is 0 Å². The van der Waals surface area contributed by atoms with Gasteiger partial charge in [-0.15, -0.1) is 0 Å². The third-order valence-corrected chi connectivity index (χ3v) is 4.72. The van der Waals surface area contributed by atoms with Crippen molar-refractivity contribution in [1.29, 1.82) is 0 Å². The Balaban J connectivity index is 0.000000791. The summed E-state index contributed by atoms with van der Waals surface area (Å²) in [4.78, 5) is 6.89. The van der Waals surface area contributed by atoms with E-state index in [-0.39, 0.29) is 11.9 Å². The molecule has 0 radical (unpaired) electrons. The lowest BCUT2D eigenvalue weighted by molar-refractivity contribution is 0.0690. The number of nitrogens with two attached hydrogens (primary N) is 2. The number of ether oxygens (including phenoxy) is 1. The van der Waals surface area contributed by atoms with Gasteiger partial charge < -0.3 is 21.1 Å². The number of aliphatic imine (C=N–C) groups is 1. The molecule has 2 aliphatic heterocycles. The topological polar surface area (TPSA) is 76.9 Å². The van der Waals surface area contributed by atoms with Gasteiger partial charge >= 0.3 is 0 Å². The van der Waals surface area contributed by atoms with Crippen LogP contribution in [-0.4, -0.2) is 42.6 Å². The van der Waals surface area contributed by atoms with Gasteiger partial charge in [-0.2, -0.15) is 0 Å². The van der Waals surface area contributed by atoms with Crippen molar-refractivity contribution in [2.75, 3.05) is 20.3 Å². The summed E-state index contributed by atoms with van der Waals surface area (Å²) in [5.74, 6) is -0.0928. The second-order valence-electron chi connectivity index (χ2n) is 6.49. The number of allylic oxidation sites excluding steroid dienone is 3. The highest BCUT2D eigenvalue weighted by molar-refractivity contribution is 5.88. The minimum absolute atomic E-state index is 0.0912. The Morgan fingerprint density at radius 2 is 1.88 bits per heavy atom. The van der Waals surface area contributed by atoms with E-state index in [9.17, 15) is 4.39 Å². The number of hydrogen-bond donors (Lipinski definition) is 2. The Morgan fingerprint density at radius 3 is 2.50 bits per heavy atom. The number of methoxy groups -OCH3 is 1. The lowest BCUT2D eigenvalue weighted by atomic mass is 9.77. The molecule has 0 spiro atoms. The molecule has 4 N–H and O–H groups in total. The monoisotopic (exact) mass is 366 g/mol. The Labute approximate surface area is 157 Å². The number of amidine groups is 1. The van der Waals surface area contributed by atoms with Gasteiger partial charge in [-0.05, 0) is 38.1 Å². The lowest BCUT2D eigenvalue weighted by Gasteiger charge is -2.45. The smallest absolute Gasteiger partial charge is 0.118 e. The molecule has 3 atom stereocenters. The maximum Gasteiger partial charge on any atom is 0.118 e. The fraction of sp³-hybridized carbons (Fsp3) is 0.650. The molecule has 0 aromatic carbocycles. The van der Waals surface area contributed by atoms with E-state index in [1.54, 1.807) is 13.2 Å². The fourth-order valence-electron chi connectivity index (χ4n) is 3.73. The van der Waals surface area contributed by atoms with Crippen LogP contribution >= 0.6 is 0 Å². The van der Waals surface area contributed by atoms with Gasteiger partial charge in [-0.1, -0.05) is 33.3 Å². The fourth-order valence-corrected chi connectivity index (χ4v) is 3.73. The molecule has 3 aliphatic rings. The van der Waals surface area contributed by atoms with E-state index < -0.39 is 11.5 Å². The molecule has 0 unspecified atom stereocenters. The molecule has 1 aliphatic carbocycles. The molecule has 0 bridgehead atoms. The molecular weight excluding hydrogens is 331 g/mol. The maximum absolute atomic E-state index is 14.5. The van der Waals surface area contributed by atoms with Crippen LogP contribution in [0.5, 0.6) is 0 Å². The third-order valence-electron chi connectivity index (χ3n) is 4.72. The highest BCUT2D eigenvalue weighted by atomic mass is 19.1. The number of hydrogen-bond acceptors (Lipinski definition) is 5. The minimum Gasteiger partial charge on any atom is -0.402 e. The first-order valence-corrected chi connectivity index (χ1v) is 9.54. The molecule has 148 valence electrons. The van der Waals surface area contributed by atoms with E-state index in [2.05, 4.69) is 18.0 Å². The predicted molar refractivity (Wildman–Crippen MR) is 107 cm³/mol. The first-order valence-electron chi connectivity index (χ1n) is 9.54. The Morgan fingerprint density at radius 1 is 1.23 bits per heavy atom. The van der Waals surface area contributed by atoms with Crippen LogP contribution in [0.15, 0.2) is 40.4 Å². The van der Waals surface area contributed by atoms with Crippen LogP contribution in [0.1, 0.15) is 47.5 Å². The summed E-state index contributed by atoms with van der Waals surface area (Å²) in [6.45, 7) is 11.0. The molecule has 0 aromatic heterocycles. The summed E-state index contributed by atoms with van der Waals surface area (Å²) in [5.41, 5.74) is 13.3. The average molecular weight is 367 g/mol. The molecule has 0 aromatic rings. The van der Waals surface area contributed by atoms with Crippen LogP contribution in [-0.2, 0) is 4.74 Å². The summed E-state index contributed by atoms with van der Waals surface area (Å²) in [6, 6.07) is 0.0912. The summed E-state index contributed by atoms with van der Waals surface area (Å²) in [5, 5.41) is 0. The van der Waals surface area contributed by atoms with Gasteiger partial charge in [0.25, 0.3) is 0 Å².